The van der Waals surface area contributed by atoms with E-state index in [0.29, 0.717) is 0 Å². The number of furan rings is 1. The lowest BCUT2D eigenvalue weighted by Crippen LogP contribution is -1.95. The minimum absolute atomic E-state index is 0.279. The Hall–Kier alpha value is -2.29. The number of carbonyl (C=O) groups is 1. The van der Waals surface area contributed by atoms with Crippen LogP contribution < -0.4 is 0 Å². The summed E-state index contributed by atoms with van der Waals surface area (Å²) in [5, 5.41) is 8.82. The predicted octanol–water partition coefficient (Wildman–Crippen LogP) is 3.15. The van der Waals surface area contributed by atoms with E-state index in [1.165, 1.54) is 0 Å². The number of benzene rings is 1. The van der Waals surface area contributed by atoms with Crippen LogP contribution in [0.25, 0.3) is 12.2 Å². The van der Waals surface area contributed by atoms with Crippen LogP contribution in [0.4, 0.5) is 0 Å². The zero-order valence-corrected chi connectivity index (χ0v) is 8.46. The summed E-state index contributed by atoms with van der Waals surface area (Å²) in [5.41, 5.74) is 1.11. The van der Waals surface area contributed by atoms with E-state index in [0.717, 1.165) is 11.3 Å². The Labute approximate surface area is 92.6 Å². The van der Waals surface area contributed by atoms with Gasteiger partial charge in [0.05, 0.1) is 11.8 Å². The first-order valence-corrected chi connectivity index (χ1v) is 4.80. The monoisotopic (exact) mass is 214 g/mol. The molecule has 1 heterocycles. The minimum atomic E-state index is -0.923. The molecular formula is C13H10O3. The van der Waals surface area contributed by atoms with Crippen molar-refractivity contribution in [3.8, 4) is 0 Å². The van der Waals surface area contributed by atoms with E-state index >= 15 is 0 Å². The number of carboxylic acid groups (broad SMARTS) is 1. The Balaban J connectivity index is 2.22. The first kappa shape index (κ1) is 10.2. The van der Waals surface area contributed by atoms with Crippen molar-refractivity contribution < 1.29 is 14.3 Å². The molecule has 0 unspecified atom stereocenters. The number of hydrogen-bond donors (Lipinski definition) is 1. The Morgan fingerprint density at radius 2 is 2.06 bits per heavy atom. The third kappa shape index (κ3) is 2.39. The molecule has 3 nitrogen and oxygen atoms in total. The third-order valence-electron chi connectivity index (χ3n) is 2.12. The molecule has 3 heteroatoms. The van der Waals surface area contributed by atoms with Gasteiger partial charge in [-0.2, -0.15) is 0 Å². The average Bonchev–Trinajstić information content (AvgIpc) is 2.79. The lowest BCUT2D eigenvalue weighted by Gasteiger charge is -1.96. The van der Waals surface area contributed by atoms with Crippen molar-refractivity contribution in [2.45, 2.75) is 0 Å². The summed E-state index contributed by atoms with van der Waals surface area (Å²) in [6.07, 6.45) is 5.19. The van der Waals surface area contributed by atoms with Crippen molar-refractivity contribution in [1.29, 1.82) is 0 Å². The molecule has 0 bridgehead atoms. The number of hydrogen-bond acceptors (Lipinski definition) is 2. The average molecular weight is 214 g/mol. The zero-order chi connectivity index (χ0) is 11.4. The summed E-state index contributed by atoms with van der Waals surface area (Å²) in [6, 6.07) is 10.4. The largest absolute Gasteiger partial charge is 0.478 e. The van der Waals surface area contributed by atoms with Gasteiger partial charge >= 0.3 is 5.97 Å². The van der Waals surface area contributed by atoms with Gasteiger partial charge in [0.15, 0.2) is 0 Å². The van der Waals surface area contributed by atoms with Crippen molar-refractivity contribution in [3.05, 3.63) is 59.5 Å². The highest BCUT2D eigenvalue weighted by atomic mass is 16.4. The molecule has 1 N–H and O–H groups in total. The van der Waals surface area contributed by atoms with Crippen molar-refractivity contribution in [2.24, 2.45) is 0 Å². The number of aromatic carboxylic acids is 1. The Kier molecular flexibility index (Phi) is 2.87. The number of rotatable bonds is 3. The second kappa shape index (κ2) is 4.49. The van der Waals surface area contributed by atoms with Gasteiger partial charge < -0.3 is 9.52 Å². The first-order chi connectivity index (χ1) is 7.75. The van der Waals surface area contributed by atoms with Crippen LogP contribution in [0.5, 0.6) is 0 Å². The van der Waals surface area contributed by atoms with Gasteiger partial charge in [-0.3, -0.25) is 0 Å². The van der Waals surface area contributed by atoms with E-state index in [4.69, 9.17) is 9.52 Å². The fourth-order valence-electron chi connectivity index (χ4n) is 1.34. The highest BCUT2D eigenvalue weighted by Crippen LogP contribution is 2.10. The van der Waals surface area contributed by atoms with Gasteiger partial charge in [0.2, 0.25) is 0 Å². The maximum atomic E-state index is 10.7. The van der Waals surface area contributed by atoms with Crippen LogP contribution in [0.2, 0.25) is 0 Å². The van der Waals surface area contributed by atoms with E-state index in [-0.39, 0.29) is 5.56 Å². The van der Waals surface area contributed by atoms with Gasteiger partial charge in [-0.25, -0.2) is 4.79 Å². The summed E-state index contributed by atoms with van der Waals surface area (Å²) >= 11 is 0. The molecule has 0 fully saturated rings. The molecule has 1 aromatic heterocycles. The minimum Gasteiger partial charge on any atom is -0.478 e. The first-order valence-electron chi connectivity index (χ1n) is 4.80. The third-order valence-corrected chi connectivity index (χ3v) is 2.12. The second-order valence-electron chi connectivity index (χ2n) is 3.28. The van der Waals surface area contributed by atoms with Crippen molar-refractivity contribution in [3.63, 3.8) is 0 Å². The zero-order valence-electron chi connectivity index (χ0n) is 8.46. The molecule has 0 amide bonds. The van der Waals surface area contributed by atoms with Crippen LogP contribution in [0.3, 0.4) is 0 Å². The van der Waals surface area contributed by atoms with Gasteiger partial charge in [0, 0.05) is 0 Å². The molecule has 0 aliphatic heterocycles. The molecule has 2 aromatic rings. The van der Waals surface area contributed by atoms with Crippen LogP contribution in [-0.2, 0) is 0 Å². The molecule has 80 valence electrons. The highest BCUT2D eigenvalue weighted by Gasteiger charge is 2.01. The van der Waals surface area contributed by atoms with Gasteiger partial charge in [0.25, 0.3) is 0 Å². The van der Waals surface area contributed by atoms with Crippen LogP contribution in [0, 0.1) is 0 Å². The van der Waals surface area contributed by atoms with E-state index in [2.05, 4.69) is 0 Å². The van der Waals surface area contributed by atoms with Crippen LogP contribution in [0.1, 0.15) is 21.7 Å². The summed E-state index contributed by atoms with van der Waals surface area (Å²) in [4.78, 5) is 10.7. The Morgan fingerprint density at radius 1 is 1.19 bits per heavy atom. The molecule has 0 atom stereocenters. The van der Waals surface area contributed by atoms with E-state index in [1.54, 1.807) is 36.6 Å². The molecule has 0 aliphatic carbocycles. The van der Waals surface area contributed by atoms with E-state index in [1.807, 2.05) is 18.2 Å². The van der Waals surface area contributed by atoms with Crippen molar-refractivity contribution >= 4 is 18.1 Å². The normalized spacial score (nSPS) is 10.8. The Morgan fingerprint density at radius 3 is 2.75 bits per heavy atom. The topological polar surface area (TPSA) is 50.4 Å². The van der Waals surface area contributed by atoms with Crippen molar-refractivity contribution in [1.82, 2.24) is 0 Å². The molecule has 2 rings (SSSR count). The standard InChI is InChI=1S/C13H10O3/c14-13(15)11-4-1-3-10(9-11)6-7-12-5-2-8-16-12/h1-9H,(H,14,15)/b7-6+. The Bertz CT molecular complexity index is 510. The molecule has 1 aromatic carbocycles. The van der Waals surface area contributed by atoms with E-state index < -0.39 is 5.97 Å². The summed E-state index contributed by atoms with van der Waals surface area (Å²) in [7, 11) is 0. The second-order valence-corrected chi connectivity index (χ2v) is 3.28. The maximum Gasteiger partial charge on any atom is 0.335 e. The fourth-order valence-corrected chi connectivity index (χ4v) is 1.34. The van der Waals surface area contributed by atoms with Crippen LogP contribution in [0.15, 0.2) is 47.1 Å². The molecule has 0 aliphatic rings. The lowest BCUT2D eigenvalue weighted by molar-refractivity contribution is 0.0697. The smallest absolute Gasteiger partial charge is 0.335 e. The quantitative estimate of drug-likeness (QED) is 0.853. The highest BCUT2D eigenvalue weighted by molar-refractivity contribution is 5.88. The van der Waals surface area contributed by atoms with Gasteiger partial charge in [0.1, 0.15) is 5.76 Å². The molecule has 0 radical (unpaired) electrons. The van der Waals surface area contributed by atoms with Crippen molar-refractivity contribution in [2.75, 3.05) is 0 Å². The molecule has 0 saturated heterocycles. The molecule has 0 saturated carbocycles. The number of carboxylic acids is 1. The maximum absolute atomic E-state index is 10.7. The summed E-state index contributed by atoms with van der Waals surface area (Å²) < 4.78 is 5.13. The molecule has 0 spiro atoms. The fraction of sp³-hybridized carbons (Fsp3) is 0. The van der Waals surface area contributed by atoms with Gasteiger partial charge in [-0.05, 0) is 35.9 Å². The molecular weight excluding hydrogens is 204 g/mol. The van der Waals surface area contributed by atoms with E-state index in [9.17, 15) is 4.79 Å². The lowest BCUT2D eigenvalue weighted by atomic mass is 10.1. The SMILES string of the molecule is O=C(O)c1cccc(/C=C/c2ccco2)c1. The van der Waals surface area contributed by atoms with Crippen LogP contribution in [-0.4, -0.2) is 11.1 Å². The van der Waals surface area contributed by atoms with Gasteiger partial charge in [-0.15, -0.1) is 0 Å². The van der Waals surface area contributed by atoms with Gasteiger partial charge in [-0.1, -0.05) is 18.2 Å². The predicted molar refractivity (Wildman–Crippen MR) is 61.0 cm³/mol. The summed E-state index contributed by atoms with van der Waals surface area (Å²) in [5.74, 6) is -0.186. The van der Waals surface area contributed by atoms with Crippen LogP contribution >= 0.6 is 0 Å². The molecule has 16 heavy (non-hydrogen) atoms. The summed E-state index contributed by atoms with van der Waals surface area (Å²) in [6.45, 7) is 0.